The number of aryl methyl sites for hydroxylation is 1. The molecule has 3 aromatic rings. The molecule has 59 heavy (non-hydrogen) atoms. The molecule has 4 amide bonds. The molecule has 316 valence electrons. The summed E-state index contributed by atoms with van der Waals surface area (Å²) in [6.45, 7) is 5.73. The van der Waals surface area contributed by atoms with E-state index in [2.05, 4.69) is 29.7 Å². The first-order chi connectivity index (χ1) is 28.2. The molecule has 5 heterocycles. The average Bonchev–Trinajstić information content (AvgIpc) is 4.00. The molecule has 0 radical (unpaired) electrons. The van der Waals surface area contributed by atoms with Crippen LogP contribution in [0.2, 0.25) is 0 Å². The maximum Gasteiger partial charge on any atom is 0.270 e. The third-order valence-corrected chi connectivity index (χ3v) is 13.2. The molecule has 0 bridgehead atoms. The number of aromatic nitrogens is 3. The van der Waals surface area contributed by atoms with Gasteiger partial charge in [0.1, 0.15) is 47.3 Å². The Morgan fingerprint density at radius 1 is 1.12 bits per heavy atom. The Labute approximate surface area is 340 Å². The van der Waals surface area contributed by atoms with Gasteiger partial charge in [-0.2, -0.15) is 0 Å². The number of carbonyl (C=O) groups excluding carboxylic acids is 4. The highest BCUT2D eigenvalue weighted by molar-refractivity contribution is 7.91. The second-order valence-electron chi connectivity index (χ2n) is 15.7. The molecule has 6 atom stereocenters. The Hall–Kier alpha value is -5.43. The van der Waals surface area contributed by atoms with Gasteiger partial charge in [0.25, 0.3) is 11.8 Å². The van der Waals surface area contributed by atoms with Crippen LogP contribution in [-0.2, 0) is 35.7 Å². The Kier molecular flexibility index (Phi) is 12.1. The summed E-state index contributed by atoms with van der Waals surface area (Å²) in [7, 11) is -3.88. The molecule has 8 rings (SSSR count). The zero-order valence-electron chi connectivity index (χ0n) is 33.1. The monoisotopic (exact) mass is 836 g/mol. The number of allylic oxidation sites excluding steroid dienone is 1. The number of carbonyl (C=O) groups is 4. The van der Waals surface area contributed by atoms with Crippen LogP contribution in [0.5, 0.6) is 5.88 Å². The Morgan fingerprint density at radius 2 is 1.92 bits per heavy atom. The summed E-state index contributed by atoms with van der Waals surface area (Å²) in [5.74, 6) is -3.10. The van der Waals surface area contributed by atoms with Crippen molar-refractivity contribution < 1.29 is 46.1 Å². The molecule has 17 nitrogen and oxygen atoms in total. The zero-order chi connectivity index (χ0) is 42.1. The number of nitrogens with one attached hydrogen (secondary N) is 2. The third-order valence-electron chi connectivity index (χ3n) is 11.4. The fourth-order valence-corrected chi connectivity index (χ4v) is 8.95. The molecular formula is C40H49FN8O9S. The lowest BCUT2D eigenvalue weighted by atomic mass is 10.0. The van der Waals surface area contributed by atoms with Gasteiger partial charge in [0, 0.05) is 24.6 Å². The highest BCUT2D eigenvalue weighted by Crippen LogP contribution is 2.46. The van der Waals surface area contributed by atoms with Gasteiger partial charge in [-0.05, 0) is 76.5 Å². The van der Waals surface area contributed by atoms with E-state index in [4.69, 9.17) is 15.3 Å². The fraction of sp³-hybridized carbons (Fsp3) is 0.525. The van der Waals surface area contributed by atoms with Crippen LogP contribution in [0.15, 0.2) is 59.0 Å². The first-order valence-corrected chi connectivity index (χ1v) is 21.6. The van der Waals surface area contributed by atoms with Gasteiger partial charge >= 0.3 is 0 Å². The number of ether oxygens (including phenoxy) is 1. The van der Waals surface area contributed by atoms with Crippen molar-refractivity contribution in [2.75, 3.05) is 6.54 Å². The highest BCUT2D eigenvalue weighted by Gasteiger charge is 2.62. The van der Waals surface area contributed by atoms with Crippen LogP contribution in [-0.4, -0.2) is 98.8 Å². The minimum atomic E-state index is -3.88. The number of fused-ring (bicyclic) bond motifs is 3. The van der Waals surface area contributed by atoms with E-state index in [0.717, 1.165) is 31.3 Å². The van der Waals surface area contributed by atoms with E-state index in [0.29, 0.717) is 36.9 Å². The summed E-state index contributed by atoms with van der Waals surface area (Å²) in [5.41, 5.74) is 5.38. The van der Waals surface area contributed by atoms with Crippen molar-refractivity contribution in [3.63, 3.8) is 0 Å². The number of hydrogen-bond donors (Lipinski definition) is 3. The van der Waals surface area contributed by atoms with Gasteiger partial charge in [-0.15, -0.1) is 0 Å². The molecule has 4 N–H and O–H groups in total. The number of primary amides is 1. The largest absolute Gasteiger partial charge is 0.471 e. The van der Waals surface area contributed by atoms with Crippen LogP contribution in [0.1, 0.15) is 94.7 Å². The molecule has 1 saturated heterocycles. The van der Waals surface area contributed by atoms with Crippen molar-refractivity contribution >= 4 is 44.7 Å². The summed E-state index contributed by atoms with van der Waals surface area (Å²) in [6, 6.07) is 4.14. The SMILES string of the molecule is CCc1nc2cccc(F)c2nc1O[C@@H]1C[C@H]2C(=O)N[C@]3(C(=O)NS(=O)(=O)C4CC4)C[C@H]3/C=C\CCCCC[C@H](N3C=C(C)C(C)O3)C(=O)N2C1.NC(=O)c1ccon1. The van der Waals surface area contributed by atoms with E-state index in [1.54, 1.807) is 17.2 Å². The number of halogens is 1. The van der Waals surface area contributed by atoms with Crippen LogP contribution in [0, 0.1) is 11.7 Å². The highest BCUT2D eigenvalue weighted by atomic mass is 32.2. The van der Waals surface area contributed by atoms with Gasteiger partial charge in [-0.1, -0.05) is 43.1 Å². The fourth-order valence-electron chi connectivity index (χ4n) is 7.58. The average molecular weight is 837 g/mol. The van der Waals surface area contributed by atoms with Crippen LogP contribution < -0.4 is 20.5 Å². The first-order valence-electron chi connectivity index (χ1n) is 20.0. The summed E-state index contributed by atoms with van der Waals surface area (Å²) in [5, 5.41) is 7.14. The summed E-state index contributed by atoms with van der Waals surface area (Å²) in [6.07, 6.45) is 11.4. The molecule has 3 aliphatic heterocycles. The van der Waals surface area contributed by atoms with E-state index in [1.807, 2.05) is 39.1 Å². The number of para-hydroxylation sites is 1. The number of hydrogen-bond acceptors (Lipinski definition) is 13. The van der Waals surface area contributed by atoms with Gasteiger partial charge in [0.05, 0.1) is 17.3 Å². The number of sulfonamides is 1. The van der Waals surface area contributed by atoms with E-state index in [1.165, 1.54) is 23.3 Å². The van der Waals surface area contributed by atoms with Crippen molar-refractivity contribution in [3.05, 3.63) is 71.7 Å². The first kappa shape index (κ1) is 41.7. The summed E-state index contributed by atoms with van der Waals surface area (Å²) in [4.78, 5) is 69.4. The number of hydroxylamine groups is 2. The molecule has 1 unspecified atom stereocenters. The lowest BCUT2D eigenvalue weighted by Crippen LogP contribution is -2.58. The quantitative estimate of drug-likeness (QED) is 0.277. The lowest BCUT2D eigenvalue weighted by molar-refractivity contribution is -0.175. The standard InChI is InChI=1S/C36H45FN6O7S.C4H4N2O2/c1-4-27-33(39-31-26(37)12-10-13-28(31)38-27)49-24-17-30-32(44)40-36(35(46)41-51(47,48)25-15-16-25)18-23(36)11-8-6-5-7-9-14-29(34(45)42(30)20-24)43-19-21(2)22(3)50-43;5-4(7)3-1-2-8-6-3/h8,10-13,19,22-25,29-30H,4-7,9,14-18,20H2,1-3H3,(H,40,44)(H,41,46);1-2H,(H2,5,7)/b11-8-;/t22?,23-,24-,29+,30+,36-;/m1./s1. The van der Waals surface area contributed by atoms with Crippen LogP contribution >= 0.6 is 0 Å². The Balaban J connectivity index is 0.000000592. The van der Waals surface area contributed by atoms with Gasteiger partial charge in [0.15, 0.2) is 11.5 Å². The number of nitrogens with two attached hydrogens (primary N) is 1. The normalized spacial score (nSPS) is 27.9. The number of nitrogens with zero attached hydrogens (tertiary/aromatic N) is 5. The minimum Gasteiger partial charge on any atom is -0.471 e. The number of amides is 4. The summed E-state index contributed by atoms with van der Waals surface area (Å²) >= 11 is 0. The smallest absolute Gasteiger partial charge is 0.270 e. The van der Waals surface area contributed by atoms with Crippen LogP contribution in [0.3, 0.4) is 0 Å². The molecule has 5 aliphatic rings. The minimum absolute atomic E-state index is 0.0121. The number of rotatable bonds is 8. The summed E-state index contributed by atoms with van der Waals surface area (Å²) < 4.78 is 53.3. The molecule has 0 spiro atoms. The van der Waals surface area contributed by atoms with Crippen molar-refractivity contribution in [2.24, 2.45) is 11.7 Å². The van der Waals surface area contributed by atoms with Crippen molar-refractivity contribution in [2.45, 2.75) is 120 Å². The second kappa shape index (κ2) is 17.0. The maximum absolute atomic E-state index is 14.8. The second-order valence-corrected chi connectivity index (χ2v) is 17.6. The molecule has 19 heteroatoms. The molecular weight excluding hydrogens is 788 g/mol. The molecule has 2 aliphatic carbocycles. The van der Waals surface area contributed by atoms with Crippen LogP contribution in [0.25, 0.3) is 11.0 Å². The molecule has 2 aromatic heterocycles. The zero-order valence-corrected chi connectivity index (χ0v) is 34.0. The van der Waals surface area contributed by atoms with E-state index < -0.39 is 68.5 Å². The van der Waals surface area contributed by atoms with Gasteiger partial charge in [-0.25, -0.2) is 27.8 Å². The van der Waals surface area contributed by atoms with E-state index in [9.17, 15) is 32.0 Å². The van der Waals surface area contributed by atoms with Crippen molar-refractivity contribution in [1.29, 1.82) is 0 Å². The van der Waals surface area contributed by atoms with Crippen molar-refractivity contribution in [1.82, 2.24) is 35.1 Å². The Morgan fingerprint density at radius 3 is 2.58 bits per heavy atom. The molecule has 2 saturated carbocycles. The van der Waals surface area contributed by atoms with Gasteiger partial charge in [-0.3, -0.25) is 28.7 Å². The number of benzene rings is 1. The molecule has 3 fully saturated rings. The van der Waals surface area contributed by atoms with Gasteiger partial charge < -0.3 is 25.2 Å². The van der Waals surface area contributed by atoms with Crippen molar-refractivity contribution in [3.8, 4) is 5.88 Å². The van der Waals surface area contributed by atoms with Gasteiger partial charge in [0.2, 0.25) is 27.7 Å². The molecule has 1 aromatic carbocycles. The van der Waals surface area contributed by atoms with E-state index in [-0.39, 0.29) is 48.5 Å². The van der Waals surface area contributed by atoms with E-state index >= 15 is 0 Å². The maximum atomic E-state index is 14.8. The predicted octanol–water partition coefficient (Wildman–Crippen LogP) is 3.36. The van der Waals surface area contributed by atoms with Crippen LogP contribution in [0.4, 0.5) is 4.39 Å². The predicted molar refractivity (Wildman–Crippen MR) is 210 cm³/mol. The lowest BCUT2D eigenvalue weighted by Gasteiger charge is -2.33. The Bertz CT molecular complexity index is 2270. The topological polar surface area (TPSA) is 229 Å². The third kappa shape index (κ3) is 9.10.